The van der Waals surface area contributed by atoms with Gasteiger partial charge in [0.25, 0.3) is 5.91 Å². The molecule has 1 aliphatic rings. The SMILES string of the molecule is COC(=O)/C=C1/S/C(=N\N=Cc2ccc(Cl)cc2C)NC1=O. The first-order valence-electron chi connectivity index (χ1n) is 6.15. The van der Waals surface area contributed by atoms with Gasteiger partial charge in [0.15, 0.2) is 5.17 Å². The number of ether oxygens (including phenoxy) is 1. The molecular formula is C14H12ClN3O3S. The molecule has 1 heterocycles. The van der Waals surface area contributed by atoms with Crippen LogP contribution in [0.4, 0.5) is 0 Å². The average molecular weight is 338 g/mol. The van der Waals surface area contributed by atoms with Gasteiger partial charge in [-0.15, -0.1) is 5.10 Å². The maximum absolute atomic E-state index is 11.6. The summed E-state index contributed by atoms with van der Waals surface area (Å²) in [7, 11) is 1.24. The number of nitrogens with zero attached hydrogens (tertiary/aromatic N) is 2. The van der Waals surface area contributed by atoms with Gasteiger partial charge in [-0.25, -0.2) is 4.79 Å². The Morgan fingerprint density at radius 3 is 2.91 bits per heavy atom. The van der Waals surface area contributed by atoms with Crippen LogP contribution in [0.25, 0.3) is 0 Å². The molecule has 1 aromatic rings. The lowest BCUT2D eigenvalue weighted by atomic mass is 10.1. The van der Waals surface area contributed by atoms with E-state index >= 15 is 0 Å². The number of esters is 1. The Bertz CT molecular complexity index is 713. The molecular weight excluding hydrogens is 326 g/mol. The van der Waals surface area contributed by atoms with Gasteiger partial charge >= 0.3 is 5.97 Å². The van der Waals surface area contributed by atoms with E-state index in [1.54, 1.807) is 12.3 Å². The van der Waals surface area contributed by atoms with E-state index in [1.165, 1.54) is 7.11 Å². The van der Waals surface area contributed by atoms with Crippen molar-refractivity contribution in [3.05, 3.63) is 45.3 Å². The first kappa shape index (κ1) is 16.3. The highest BCUT2D eigenvalue weighted by atomic mass is 35.5. The Hall–Kier alpha value is -2.12. The smallest absolute Gasteiger partial charge is 0.331 e. The molecule has 1 fully saturated rings. The summed E-state index contributed by atoms with van der Waals surface area (Å²) in [5, 5.41) is 11.3. The van der Waals surface area contributed by atoms with Crippen LogP contribution in [0.2, 0.25) is 5.02 Å². The highest BCUT2D eigenvalue weighted by molar-refractivity contribution is 8.18. The number of methoxy groups -OCH3 is 1. The molecule has 1 aliphatic heterocycles. The van der Waals surface area contributed by atoms with Crippen LogP contribution in [-0.2, 0) is 14.3 Å². The molecule has 8 heteroatoms. The van der Waals surface area contributed by atoms with Crippen molar-refractivity contribution in [2.75, 3.05) is 7.11 Å². The molecule has 0 radical (unpaired) electrons. The third-order valence-corrected chi connectivity index (χ3v) is 3.81. The van der Waals surface area contributed by atoms with E-state index in [4.69, 9.17) is 11.6 Å². The minimum atomic E-state index is -0.598. The Kier molecular flexibility index (Phi) is 5.35. The van der Waals surface area contributed by atoms with E-state index in [2.05, 4.69) is 20.3 Å². The fraction of sp³-hybridized carbons (Fsp3) is 0.143. The Morgan fingerprint density at radius 2 is 2.23 bits per heavy atom. The summed E-state index contributed by atoms with van der Waals surface area (Å²) >= 11 is 6.89. The number of carbonyl (C=O) groups excluding carboxylic acids is 2. The molecule has 1 saturated heterocycles. The second kappa shape index (κ2) is 7.24. The summed E-state index contributed by atoms with van der Waals surface area (Å²) in [6.45, 7) is 1.91. The highest BCUT2D eigenvalue weighted by Gasteiger charge is 2.24. The molecule has 6 nitrogen and oxygen atoms in total. The molecule has 0 spiro atoms. The third kappa shape index (κ3) is 4.19. The summed E-state index contributed by atoms with van der Waals surface area (Å²) in [4.78, 5) is 22.9. The Labute approximate surface area is 136 Å². The van der Waals surface area contributed by atoms with Gasteiger partial charge in [0, 0.05) is 11.1 Å². The van der Waals surface area contributed by atoms with Gasteiger partial charge in [-0.3, -0.25) is 10.1 Å². The lowest BCUT2D eigenvalue weighted by molar-refractivity contribution is -0.135. The number of carbonyl (C=O) groups is 2. The summed E-state index contributed by atoms with van der Waals surface area (Å²) in [5.74, 6) is -1.01. The van der Waals surface area contributed by atoms with Crippen LogP contribution < -0.4 is 5.32 Å². The number of rotatable bonds is 3. The standard InChI is InChI=1S/C14H12ClN3O3S/c1-8-5-10(15)4-3-9(8)7-16-18-14-17-13(20)11(22-14)6-12(19)21-2/h3-7H,1-2H3,(H,17,18,20)/b11-6+,16-7?. The lowest BCUT2D eigenvalue weighted by Gasteiger charge is -1.98. The number of halogens is 1. The number of amidine groups is 1. The number of aryl methyl sites for hydroxylation is 1. The van der Waals surface area contributed by atoms with E-state index in [0.29, 0.717) is 10.2 Å². The van der Waals surface area contributed by atoms with Crippen LogP contribution in [0, 0.1) is 6.92 Å². The maximum atomic E-state index is 11.6. The first-order valence-corrected chi connectivity index (χ1v) is 7.35. The van der Waals surface area contributed by atoms with Crippen molar-refractivity contribution in [3.8, 4) is 0 Å². The van der Waals surface area contributed by atoms with Gasteiger partial charge in [0.1, 0.15) is 0 Å². The first-order chi connectivity index (χ1) is 10.5. The normalized spacial score (nSPS) is 18.2. The predicted octanol–water partition coefficient (Wildman–Crippen LogP) is 2.26. The van der Waals surface area contributed by atoms with Gasteiger partial charge in [-0.1, -0.05) is 17.7 Å². The zero-order chi connectivity index (χ0) is 16.1. The summed E-state index contributed by atoms with van der Waals surface area (Å²) in [6, 6.07) is 5.40. The molecule has 0 unspecified atom stereocenters. The molecule has 0 aromatic heterocycles. The fourth-order valence-electron chi connectivity index (χ4n) is 1.57. The van der Waals surface area contributed by atoms with Crippen molar-refractivity contribution in [3.63, 3.8) is 0 Å². The van der Waals surface area contributed by atoms with E-state index in [9.17, 15) is 9.59 Å². The number of hydrogen-bond donors (Lipinski definition) is 1. The number of thioether (sulfide) groups is 1. The van der Waals surface area contributed by atoms with Crippen molar-refractivity contribution >= 4 is 46.6 Å². The largest absolute Gasteiger partial charge is 0.466 e. The van der Waals surface area contributed by atoms with Gasteiger partial charge in [0.05, 0.1) is 18.2 Å². The molecule has 0 aliphatic carbocycles. The minimum Gasteiger partial charge on any atom is -0.466 e. The fourth-order valence-corrected chi connectivity index (χ4v) is 2.53. The zero-order valence-corrected chi connectivity index (χ0v) is 13.4. The van der Waals surface area contributed by atoms with Crippen LogP contribution in [-0.4, -0.2) is 30.4 Å². The molecule has 1 N–H and O–H groups in total. The van der Waals surface area contributed by atoms with Crippen molar-refractivity contribution in [1.82, 2.24) is 5.32 Å². The highest BCUT2D eigenvalue weighted by Crippen LogP contribution is 2.23. The van der Waals surface area contributed by atoms with Gasteiger partial charge < -0.3 is 4.74 Å². The lowest BCUT2D eigenvalue weighted by Crippen LogP contribution is -2.19. The van der Waals surface area contributed by atoms with Crippen LogP contribution in [0.5, 0.6) is 0 Å². The van der Waals surface area contributed by atoms with Gasteiger partial charge in [0.2, 0.25) is 0 Å². The average Bonchev–Trinajstić information content (AvgIpc) is 2.81. The molecule has 0 bridgehead atoms. The van der Waals surface area contributed by atoms with Crippen molar-refractivity contribution < 1.29 is 14.3 Å². The van der Waals surface area contributed by atoms with Crippen LogP contribution in [0.3, 0.4) is 0 Å². The summed E-state index contributed by atoms with van der Waals surface area (Å²) < 4.78 is 4.47. The van der Waals surface area contributed by atoms with Crippen LogP contribution in [0.15, 0.2) is 39.4 Å². The number of nitrogens with one attached hydrogen (secondary N) is 1. The quantitative estimate of drug-likeness (QED) is 0.397. The molecule has 22 heavy (non-hydrogen) atoms. The second-order valence-corrected chi connectivity index (χ2v) is 5.71. The van der Waals surface area contributed by atoms with E-state index in [-0.39, 0.29) is 4.91 Å². The zero-order valence-electron chi connectivity index (χ0n) is 11.8. The Morgan fingerprint density at radius 1 is 1.45 bits per heavy atom. The second-order valence-electron chi connectivity index (χ2n) is 4.24. The van der Waals surface area contributed by atoms with Crippen LogP contribution in [0.1, 0.15) is 11.1 Å². The van der Waals surface area contributed by atoms with Crippen molar-refractivity contribution in [1.29, 1.82) is 0 Å². The molecule has 0 atom stereocenters. The summed E-state index contributed by atoms with van der Waals surface area (Å²) in [5.41, 5.74) is 1.83. The van der Waals surface area contributed by atoms with Crippen molar-refractivity contribution in [2.45, 2.75) is 6.92 Å². The third-order valence-electron chi connectivity index (χ3n) is 2.68. The molecule has 0 saturated carbocycles. The predicted molar refractivity (Wildman–Crippen MR) is 87.1 cm³/mol. The molecule has 2 rings (SSSR count). The maximum Gasteiger partial charge on any atom is 0.331 e. The van der Waals surface area contributed by atoms with Gasteiger partial charge in [-0.2, -0.15) is 5.10 Å². The van der Waals surface area contributed by atoms with E-state index in [0.717, 1.165) is 29.0 Å². The minimum absolute atomic E-state index is 0.212. The topological polar surface area (TPSA) is 80.1 Å². The van der Waals surface area contributed by atoms with Gasteiger partial charge in [-0.05, 0) is 41.9 Å². The Balaban J connectivity index is 2.08. The number of amides is 1. The molecule has 1 aromatic carbocycles. The number of benzene rings is 1. The van der Waals surface area contributed by atoms with Crippen molar-refractivity contribution in [2.24, 2.45) is 10.2 Å². The van der Waals surface area contributed by atoms with Crippen LogP contribution >= 0.6 is 23.4 Å². The molecule has 1 amide bonds. The number of hydrogen-bond acceptors (Lipinski definition) is 6. The van der Waals surface area contributed by atoms with E-state index in [1.807, 2.05) is 19.1 Å². The molecule has 114 valence electrons. The summed E-state index contributed by atoms with van der Waals surface area (Å²) in [6.07, 6.45) is 2.67. The van der Waals surface area contributed by atoms with E-state index < -0.39 is 11.9 Å². The monoisotopic (exact) mass is 337 g/mol.